The average molecular weight is 227 g/mol. The van der Waals surface area contributed by atoms with E-state index in [-0.39, 0.29) is 23.5 Å². The van der Waals surface area contributed by atoms with Crippen molar-refractivity contribution < 1.29 is 9.53 Å². The Balaban J connectivity index is 2.42. The topological polar surface area (TPSA) is 52.3 Å². The van der Waals surface area contributed by atoms with Gasteiger partial charge in [0.05, 0.1) is 6.42 Å². The molecule has 0 aromatic heterocycles. The molecule has 1 aliphatic carbocycles. The van der Waals surface area contributed by atoms with Gasteiger partial charge in [0.1, 0.15) is 6.10 Å². The van der Waals surface area contributed by atoms with Crippen LogP contribution in [0, 0.1) is 5.41 Å². The quantitative estimate of drug-likeness (QED) is 0.583. The van der Waals surface area contributed by atoms with Gasteiger partial charge in [-0.15, -0.1) is 0 Å². The van der Waals surface area contributed by atoms with Crippen LogP contribution in [0.2, 0.25) is 0 Å². The summed E-state index contributed by atoms with van der Waals surface area (Å²) in [5, 5.41) is 0. The van der Waals surface area contributed by atoms with Crippen LogP contribution in [0.5, 0.6) is 0 Å². The Morgan fingerprint density at radius 1 is 1.25 bits per heavy atom. The number of carbonyl (C=O) groups excluding carboxylic acids is 1. The predicted molar refractivity (Wildman–Crippen MR) is 65.0 cm³/mol. The lowest BCUT2D eigenvalue weighted by Crippen LogP contribution is -2.37. The molecule has 1 aliphatic rings. The molecule has 0 aliphatic heterocycles. The van der Waals surface area contributed by atoms with Crippen molar-refractivity contribution in [1.82, 2.24) is 0 Å². The first-order chi connectivity index (χ1) is 7.38. The zero-order valence-electron chi connectivity index (χ0n) is 10.8. The zero-order chi connectivity index (χ0) is 12.2. The summed E-state index contributed by atoms with van der Waals surface area (Å²) < 4.78 is 5.50. The molecule has 3 nitrogen and oxygen atoms in total. The summed E-state index contributed by atoms with van der Waals surface area (Å²) in [6.45, 7) is 6.13. The lowest BCUT2D eigenvalue weighted by atomic mass is 9.92. The van der Waals surface area contributed by atoms with E-state index < -0.39 is 0 Å². The van der Waals surface area contributed by atoms with Gasteiger partial charge in [0.15, 0.2) is 0 Å². The Labute approximate surface area is 98.7 Å². The molecule has 0 bridgehead atoms. The van der Waals surface area contributed by atoms with Crippen molar-refractivity contribution >= 4 is 5.97 Å². The highest BCUT2D eigenvalue weighted by Gasteiger charge is 2.25. The van der Waals surface area contributed by atoms with Gasteiger partial charge < -0.3 is 10.5 Å². The van der Waals surface area contributed by atoms with E-state index >= 15 is 0 Å². The van der Waals surface area contributed by atoms with Crippen molar-refractivity contribution in [2.24, 2.45) is 11.1 Å². The first-order valence-corrected chi connectivity index (χ1v) is 6.33. The van der Waals surface area contributed by atoms with E-state index in [1.165, 1.54) is 6.42 Å². The number of rotatable bonds is 2. The molecule has 94 valence electrons. The van der Waals surface area contributed by atoms with Crippen molar-refractivity contribution in [2.75, 3.05) is 0 Å². The van der Waals surface area contributed by atoms with Crippen LogP contribution in [0.25, 0.3) is 0 Å². The van der Waals surface area contributed by atoms with Gasteiger partial charge in [-0.2, -0.15) is 0 Å². The van der Waals surface area contributed by atoms with E-state index in [1.54, 1.807) is 0 Å². The van der Waals surface area contributed by atoms with E-state index in [1.807, 2.05) is 20.8 Å². The second-order valence-corrected chi connectivity index (χ2v) is 6.07. The molecular weight excluding hydrogens is 202 g/mol. The van der Waals surface area contributed by atoms with Crippen LogP contribution in [0.3, 0.4) is 0 Å². The van der Waals surface area contributed by atoms with Gasteiger partial charge in [-0.05, 0) is 24.7 Å². The first kappa shape index (κ1) is 13.5. The van der Waals surface area contributed by atoms with E-state index in [0.717, 1.165) is 25.7 Å². The molecule has 0 heterocycles. The van der Waals surface area contributed by atoms with Gasteiger partial charge in [-0.3, -0.25) is 4.79 Å². The molecule has 0 amide bonds. The third-order valence-electron chi connectivity index (χ3n) is 2.96. The molecule has 1 fully saturated rings. The van der Waals surface area contributed by atoms with Crippen LogP contribution in [0.1, 0.15) is 59.3 Å². The summed E-state index contributed by atoms with van der Waals surface area (Å²) >= 11 is 0. The highest BCUT2D eigenvalue weighted by molar-refractivity contribution is 5.70. The molecule has 2 N–H and O–H groups in total. The highest BCUT2D eigenvalue weighted by atomic mass is 16.5. The van der Waals surface area contributed by atoms with Gasteiger partial charge in [0.25, 0.3) is 0 Å². The summed E-state index contributed by atoms with van der Waals surface area (Å²) in [7, 11) is 0. The molecule has 1 saturated carbocycles. The summed E-state index contributed by atoms with van der Waals surface area (Å²) in [5.41, 5.74) is 6.01. The second-order valence-electron chi connectivity index (χ2n) is 6.07. The fraction of sp³-hybridized carbons (Fsp3) is 0.923. The van der Waals surface area contributed by atoms with Crippen molar-refractivity contribution in [2.45, 2.75) is 71.4 Å². The van der Waals surface area contributed by atoms with E-state index in [0.29, 0.717) is 6.42 Å². The Morgan fingerprint density at radius 3 is 2.50 bits per heavy atom. The zero-order valence-corrected chi connectivity index (χ0v) is 10.8. The minimum absolute atomic E-state index is 0.00803. The normalized spacial score (nSPS) is 27.2. The number of hydrogen-bond acceptors (Lipinski definition) is 3. The maximum Gasteiger partial charge on any atom is 0.306 e. The molecule has 0 radical (unpaired) electrons. The highest BCUT2D eigenvalue weighted by Crippen LogP contribution is 2.23. The summed E-state index contributed by atoms with van der Waals surface area (Å²) in [5.74, 6) is -0.102. The van der Waals surface area contributed by atoms with E-state index in [4.69, 9.17) is 10.5 Å². The van der Waals surface area contributed by atoms with Gasteiger partial charge >= 0.3 is 5.97 Å². The lowest BCUT2D eigenvalue weighted by molar-refractivity contribution is -0.152. The second kappa shape index (κ2) is 5.67. The molecule has 1 rings (SSSR count). The molecule has 0 saturated heterocycles. The van der Waals surface area contributed by atoms with Crippen LogP contribution in [-0.2, 0) is 9.53 Å². The van der Waals surface area contributed by atoms with E-state index in [2.05, 4.69) is 0 Å². The largest absolute Gasteiger partial charge is 0.461 e. The van der Waals surface area contributed by atoms with Crippen molar-refractivity contribution in [3.8, 4) is 0 Å². The monoisotopic (exact) mass is 227 g/mol. The van der Waals surface area contributed by atoms with Gasteiger partial charge in [-0.25, -0.2) is 0 Å². The standard InChI is InChI=1S/C13H25NO2/c1-13(2,3)9-12(15)16-11-8-6-4-5-7-10(11)14/h10-11H,4-9,14H2,1-3H3. The Hall–Kier alpha value is -0.570. The Bertz CT molecular complexity index is 233. The van der Waals surface area contributed by atoms with Gasteiger partial charge in [-0.1, -0.05) is 33.6 Å². The number of nitrogens with two attached hydrogens (primary N) is 1. The Kier molecular flexibility index (Phi) is 4.78. The van der Waals surface area contributed by atoms with E-state index in [9.17, 15) is 4.79 Å². The molecular formula is C13H25NO2. The maximum atomic E-state index is 11.7. The molecule has 16 heavy (non-hydrogen) atoms. The third kappa shape index (κ3) is 4.97. The van der Waals surface area contributed by atoms with Crippen molar-refractivity contribution in [1.29, 1.82) is 0 Å². The minimum atomic E-state index is -0.102. The number of carbonyl (C=O) groups is 1. The van der Waals surface area contributed by atoms with Crippen LogP contribution in [0.4, 0.5) is 0 Å². The van der Waals surface area contributed by atoms with Crippen LogP contribution >= 0.6 is 0 Å². The molecule has 3 heteroatoms. The summed E-state index contributed by atoms with van der Waals surface area (Å²) in [4.78, 5) is 11.7. The first-order valence-electron chi connectivity index (χ1n) is 6.33. The summed E-state index contributed by atoms with van der Waals surface area (Å²) in [6.07, 6.45) is 5.81. The summed E-state index contributed by atoms with van der Waals surface area (Å²) in [6, 6.07) is 0.0337. The van der Waals surface area contributed by atoms with Crippen molar-refractivity contribution in [3.05, 3.63) is 0 Å². The van der Waals surface area contributed by atoms with Gasteiger partial charge in [0, 0.05) is 6.04 Å². The fourth-order valence-electron chi connectivity index (χ4n) is 2.09. The Morgan fingerprint density at radius 2 is 1.88 bits per heavy atom. The fourth-order valence-corrected chi connectivity index (χ4v) is 2.09. The average Bonchev–Trinajstić information content (AvgIpc) is 2.29. The van der Waals surface area contributed by atoms with Gasteiger partial charge in [0.2, 0.25) is 0 Å². The smallest absolute Gasteiger partial charge is 0.306 e. The van der Waals surface area contributed by atoms with Crippen LogP contribution in [0.15, 0.2) is 0 Å². The number of ether oxygens (including phenoxy) is 1. The van der Waals surface area contributed by atoms with Crippen LogP contribution < -0.4 is 5.73 Å². The number of esters is 1. The molecule has 2 atom stereocenters. The van der Waals surface area contributed by atoms with Crippen molar-refractivity contribution in [3.63, 3.8) is 0 Å². The SMILES string of the molecule is CC(C)(C)CC(=O)OC1CCCCCC1N. The molecule has 0 spiro atoms. The minimum Gasteiger partial charge on any atom is -0.461 e. The predicted octanol–water partition coefficient (Wildman–Crippen LogP) is 2.63. The third-order valence-corrected chi connectivity index (χ3v) is 2.96. The lowest BCUT2D eigenvalue weighted by Gasteiger charge is -2.24. The molecule has 0 aromatic rings. The number of hydrogen-bond donors (Lipinski definition) is 1. The van der Waals surface area contributed by atoms with Crippen LogP contribution in [-0.4, -0.2) is 18.1 Å². The molecule has 0 aromatic carbocycles. The molecule has 2 unspecified atom stereocenters. The maximum absolute atomic E-state index is 11.7.